The van der Waals surface area contributed by atoms with Gasteiger partial charge >= 0.3 is 6.01 Å². The summed E-state index contributed by atoms with van der Waals surface area (Å²) < 4.78 is 10.2. The average molecular weight is 220 g/mol. The third-order valence-electron chi connectivity index (χ3n) is 1.93. The van der Waals surface area contributed by atoms with Crippen LogP contribution < -0.4 is 16.0 Å². The first kappa shape index (κ1) is 10.4. The number of anilines is 1. The van der Waals surface area contributed by atoms with Gasteiger partial charge in [-0.2, -0.15) is 4.98 Å². The Bertz CT molecular complexity index is 429. The first-order chi connectivity index (χ1) is 7.88. The van der Waals surface area contributed by atoms with Crippen molar-refractivity contribution in [2.75, 3.05) is 12.0 Å². The summed E-state index contributed by atoms with van der Waals surface area (Å²) in [4.78, 5) is 3.97. The molecule has 16 heavy (non-hydrogen) atoms. The van der Waals surface area contributed by atoms with Crippen LogP contribution in [0.1, 0.15) is 5.82 Å². The molecule has 0 saturated heterocycles. The molecule has 0 aliphatic rings. The second-order valence-electron chi connectivity index (χ2n) is 3.07. The normalized spacial score (nSPS) is 10.1. The van der Waals surface area contributed by atoms with Gasteiger partial charge in [0.1, 0.15) is 5.75 Å². The Morgan fingerprint density at radius 1 is 1.31 bits per heavy atom. The van der Waals surface area contributed by atoms with E-state index < -0.39 is 0 Å². The number of benzene rings is 1. The summed E-state index contributed by atoms with van der Waals surface area (Å²) >= 11 is 0. The van der Waals surface area contributed by atoms with Gasteiger partial charge in [-0.15, -0.1) is 0 Å². The lowest BCUT2D eigenvalue weighted by molar-refractivity contribution is 0.315. The van der Waals surface area contributed by atoms with Crippen molar-refractivity contribution in [3.8, 4) is 5.75 Å². The number of hydrazine groups is 1. The number of nitrogens with one attached hydrogen (secondary N) is 1. The van der Waals surface area contributed by atoms with E-state index in [0.29, 0.717) is 18.9 Å². The molecule has 0 spiro atoms. The number of nitrogen functional groups attached to an aromatic ring is 1. The second kappa shape index (κ2) is 5.13. The number of aromatic nitrogens is 2. The molecule has 1 heterocycles. The highest BCUT2D eigenvalue weighted by molar-refractivity contribution is 5.21. The fourth-order valence-electron chi connectivity index (χ4n) is 1.19. The van der Waals surface area contributed by atoms with Crippen molar-refractivity contribution in [1.82, 2.24) is 10.1 Å². The summed E-state index contributed by atoms with van der Waals surface area (Å²) in [5, 5.41) is 3.71. The van der Waals surface area contributed by atoms with E-state index in [1.807, 2.05) is 30.3 Å². The van der Waals surface area contributed by atoms with Crippen LogP contribution in [0.2, 0.25) is 0 Å². The van der Waals surface area contributed by atoms with Gasteiger partial charge in [0.05, 0.1) is 6.61 Å². The lowest BCUT2D eigenvalue weighted by Gasteiger charge is -2.02. The van der Waals surface area contributed by atoms with E-state index in [1.165, 1.54) is 0 Å². The molecular formula is C10H12N4O2. The smallest absolute Gasteiger partial charge is 0.335 e. The summed E-state index contributed by atoms with van der Waals surface area (Å²) in [6.07, 6.45) is 0.570. The number of rotatable bonds is 5. The van der Waals surface area contributed by atoms with Crippen LogP contribution in [0.15, 0.2) is 34.9 Å². The van der Waals surface area contributed by atoms with E-state index in [1.54, 1.807) is 0 Å². The maximum Gasteiger partial charge on any atom is 0.335 e. The predicted octanol–water partition coefficient (Wildman–Crippen LogP) is 0.977. The van der Waals surface area contributed by atoms with Gasteiger partial charge in [0.2, 0.25) is 0 Å². The topological polar surface area (TPSA) is 86.2 Å². The largest absolute Gasteiger partial charge is 0.493 e. The molecule has 3 N–H and O–H groups in total. The van der Waals surface area contributed by atoms with Crippen molar-refractivity contribution in [2.24, 2.45) is 5.84 Å². The summed E-state index contributed by atoms with van der Waals surface area (Å²) in [6, 6.07) is 9.76. The Hall–Kier alpha value is -2.08. The zero-order chi connectivity index (χ0) is 11.2. The molecule has 0 atom stereocenters. The highest BCUT2D eigenvalue weighted by Crippen LogP contribution is 2.09. The Balaban J connectivity index is 1.80. The molecule has 6 nitrogen and oxygen atoms in total. The van der Waals surface area contributed by atoms with Crippen LogP contribution in [0.3, 0.4) is 0 Å². The number of hydrogen-bond donors (Lipinski definition) is 2. The quantitative estimate of drug-likeness (QED) is 0.577. The lowest BCUT2D eigenvalue weighted by Crippen LogP contribution is -2.07. The number of para-hydroxylation sites is 1. The summed E-state index contributed by atoms with van der Waals surface area (Å²) in [5.74, 6) is 6.49. The maximum absolute atomic E-state index is 5.48. The minimum atomic E-state index is 0.203. The fourth-order valence-corrected chi connectivity index (χ4v) is 1.19. The van der Waals surface area contributed by atoms with Gasteiger partial charge in [0.25, 0.3) is 0 Å². The first-order valence-electron chi connectivity index (χ1n) is 4.85. The molecule has 0 bridgehead atoms. The Morgan fingerprint density at radius 2 is 2.12 bits per heavy atom. The molecule has 1 aromatic heterocycles. The van der Waals surface area contributed by atoms with Crippen molar-refractivity contribution in [1.29, 1.82) is 0 Å². The highest BCUT2D eigenvalue weighted by atomic mass is 16.5. The van der Waals surface area contributed by atoms with Crippen molar-refractivity contribution in [3.05, 3.63) is 36.2 Å². The second-order valence-corrected chi connectivity index (χ2v) is 3.07. The van der Waals surface area contributed by atoms with E-state index in [4.69, 9.17) is 15.1 Å². The first-order valence-corrected chi connectivity index (χ1v) is 4.85. The summed E-state index contributed by atoms with van der Waals surface area (Å²) in [7, 11) is 0. The number of hydrogen-bond acceptors (Lipinski definition) is 6. The highest BCUT2D eigenvalue weighted by Gasteiger charge is 2.04. The van der Waals surface area contributed by atoms with Gasteiger partial charge in [0.15, 0.2) is 5.82 Å². The zero-order valence-corrected chi connectivity index (χ0v) is 8.59. The monoisotopic (exact) mass is 220 g/mol. The molecule has 0 aliphatic heterocycles. The molecule has 84 valence electrons. The molecule has 0 amide bonds. The van der Waals surface area contributed by atoms with Gasteiger partial charge in [-0.3, -0.25) is 5.43 Å². The van der Waals surface area contributed by atoms with Gasteiger partial charge in [-0.05, 0) is 12.1 Å². The van der Waals surface area contributed by atoms with Crippen molar-refractivity contribution >= 4 is 6.01 Å². The molecule has 0 radical (unpaired) electrons. The molecule has 2 rings (SSSR count). The van der Waals surface area contributed by atoms with Crippen LogP contribution in [-0.2, 0) is 6.42 Å². The molecule has 6 heteroatoms. The summed E-state index contributed by atoms with van der Waals surface area (Å²) in [5.41, 5.74) is 2.27. The maximum atomic E-state index is 5.48. The van der Waals surface area contributed by atoms with Crippen LogP contribution in [-0.4, -0.2) is 16.7 Å². The van der Waals surface area contributed by atoms with Crippen molar-refractivity contribution in [2.45, 2.75) is 6.42 Å². The standard InChI is InChI=1S/C10H12N4O2/c11-13-10-12-9(14-16-10)6-7-15-8-4-2-1-3-5-8/h1-5H,6-7,11H2,(H,12,13,14). The molecule has 0 saturated carbocycles. The molecule has 2 aromatic rings. The summed E-state index contributed by atoms with van der Waals surface area (Å²) in [6.45, 7) is 0.494. The van der Waals surface area contributed by atoms with Gasteiger partial charge in [-0.1, -0.05) is 23.4 Å². The molecule has 0 unspecified atom stereocenters. The van der Waals surface area contributed by atoms with Gasteiger partial charge < -0.3 is 9.26 Å². The van der Waals surface area contributed by atoms with Gasteiger partial charge in [-0.25, -0.2) is 5.84 Å². The Morgan fingerprint density at radius 3 is 2.81 bits per heavy atom. The molecular weight excluding hydrogens is 208 g/mol. The fraction of sp³-hybridized carbons (Fsp3) is 0.200. The van der Waals surface area contributed by atoms with Crippen LogP contribution in [0.4, 0.5) is 6.01 Å². The van der Waals surface area contributed by atoms with Gasteiger partial charge in [0, 0.05) is 6.42 Å². The molecule has 1 aromatic carbocycles. The third kappa shape index (κ3) is 2.71. The molecule has 0 fully saturated rings. The van der Waals surface area contributed by atoms with E-state index in [-0.39, 0.29) is 6.01 Å². The van der Waals surface area contributed by atoms with Crippen molar-refractivity contribution < 1.29 is 9.26 Å². The average Bonchev–Trinajstić information content (AvgIpc) is 2.78. The van der Waals surface area contributed by atoms with E-state index in [9.17, 15) is 0 Å². The Labute approximate surface area is 92.4 Å². The van der Waals surface area contributed by atoms with E-state index >= 15 is 0 Å². The van der Waals surface area contributed by atoms with Crippen LogP contribution >= 0.6 is 0 Å². The number of nitrogens with two attached hydrogens (primary N) is 1. The number of nitrogens with zero attached hydrogens (tertiary/aromatic N) is 2. The Kier molecular flexibility index (Phi) is 3.35. The minimum Gasteiger partial charge on any atom is -0.493 e. The van der Waals surface area contributed by atoms with Crippen LogP contribution in [0, 0.1) is 0 Å². The van der Waals surface area contributed by atoms with Crippen LogP contribution in [0.25, 0.3) is 0 Å². The minimum absolute atomic E-state index is 0.203. The van der Waals surface area contributed by atoms with Crippen LogP contribution in [0.5, 0.6) is 5.75 Å². The number of ether oxygens (including phenoxy) is 1. The van der Waals surface area contributed by atoms with E-state index in [0.717, 1.165) is 5.75 Å². The molecule has 0 aliphatic carbocycles. The zero-order valence-electron chi connectivity index (χ0n) is 8.59. The van der Waals surface area contributed by atoms with E-state index in [2.05, 4.69) is 15.6 Å². The SMILES string of the molecule is NNc1nc(CCOc2ccccc2)no1. The van der Waals surface area contributed by atoms with Crippen molar-refractivity contribution in [3.63, 3.8) is 0 Å². The third-order valence-corrected chi connectivity index (χ3v) is 1.93. The predicted molar refractivity (Wildman–Crippen MR) is 57.7 cm³/mol. The lowest BCUT2D eigenvalue weighted by atomic mass is 10.3.